The van der Waals surface area contributed by atoms with Crippen LogP contribution in [0.4, 0.5) is 0 Å². The highest BCUT2D eigenvalue weighted by atomic mass is 16.2. The van der Waals surface area contributed by atoms with Crippen LogP contribution >= 0.6 is 0 Å². The van der Waals surface area contributed by atoms with Gasteiger partial charge in [-0.1, -0.05) is 0 Å². The lowest BCUT2D eigenvalue weighted by atomic mass is 9.88. The maximum absolute atomic E-state index is 10.8. The van der Waals surface area contributed by atoms with Crippen LogP contribution in [0.1, 0.15) is 19.3 Å². The molecule has 0 amide bonds. The van der Waals surface area contributed by atoms with Crippen molar-refractivity contribution >= 4 is 17.9 Å². The third-order valence-electron chi connectivity index (χ3n) is 1.69. The van der Waals surface area contributed by atoms with Gasteiger partial charge < -0.3 is 4.79 Å². The summed E-state index contributed by atoms with van der Waals surface area (Å²) in [5.74, 6) is -1.52. The minimum Gasteiger partial charge on any atom is -0.303 e. The van der Waals surface area contributed by atoms with E-state index in [9.17, 15) is 14.4 Å². The molecule has 0 aromatic carbocycles. The summed E-state index contributed by atoms with van der Waals surface area (Å²) in [6.45, 7) is 0. The summed E-state index contributed by atoms with van der Waals surface area (Å²) in [6, 6.07) is 0. The van der Waals surface area contributed by atoms with Gasteiger partial charge in [-0.05, 0) is 12.8 Å². The van der Waals surface area contributed by atoms with Crippen LogP contribution in [0.5, 0.6) is 0 Å². The Balaban J connectivity index is 2.68. The lowest BCUT2D eigenvalue weighted by Gasteiger charge is -2.12. The highest BCUT2D eigenvalue weighted by molar-refractivity contribution is 6.40. The van der Waals surface area contributed by atoms with E-state index in [-0.39, 0.29) is 5.78 Å². The minimum atomic E-state index is -0.638. The van der Waals surface area contributed by atoms with Gasteiger partial charge in [-0.25, -0.2) is 0 Å². The van der Waals surface area contributed by atoms with Gasteiger partial charge in [-0.3, -0.25) is 9.59 Å². The predicted octanol–water partition coefficient (Wildman–Crippen LogP) is 0.124. The monoisotopic (exact) mass is 140 g/mol. The second-order valence-electron chi connectivity index (χ2n) is 2.42. The van der Waals surface area contributed by atoms with E-state index in [1.165, 1.54) is 0 Å². The molecule has 1 rings (SSSR count). The average molecular weight is 140 g/mol. The normalized spacial score (nSPS) is 26.6. The number of carbonyl (C=O) groups is 3. The van der Waals surface area contributed by atoms with Crippen LogP contribution < -0.4 is 0 Å². The smallest absolute Gasteiger partial charge is 0.208 e. The molecule has 0 radical (unpaired) electrons. The fourth-order valence-electron chi connectivity index (χ4n) is 1.07. The highest BCUT2D eigenvalue weighted by Crippen LogP contribution is 2.15. The Hall–Kier alpha value is -0.990. The lowest BCUT2D eigenvalue weighted by Crippen LogP contribution is -2.29. The number of hydrogen-bond acceptors (Lipinski definition) is 3. The van der Waals surface area contributed by atoms with Gasteiger partial charge in [-0.15, -0.1) is 0 Å². The highest BCUT2D eigenvalue weighted by Gasteiger charge is 2.28. The molecule has 0 bridgehead atoms. The number of carbonyl (C=O) groups excluding carboxylic acids is 3. The first-order chi connectivity index (χ1) is 4.75. The summed E-state index contributed by atoms with van der Waals surface area (Å²) < 4.78 is 0. The lowest BCUT2D eigenvalue weighted by molar-refractivity contribution is -0.142. The van der Waals surface area contributed by atoms with Gasteiger partial charge in [0.05, 0.1) is 5.92 Å². The van der Waals surface area contributed by atoms with Crippen molar-refractivity contribution in [2.24, 2.45) is 5.92 Å². The van der Waals surface area contributed by atoms with Gasteiger partial charge in [0.25, 0.3) is 0 Å². The Bertz CT molecular complexity index is 183. The van der Waals surface area contributed by atoms with E-state index in [0.717, 1.165) is 0 Å². The van der Waals surface area contributed by atoms with E-state index in [2.05, 4.69) is 0 Å². The van der Waals surface area contributed by atoms with Crippen molar-refractivity contribution in [3.05, 3.63) is 0 Å². The molecule has 1 unspecified atom stereocenters. The van der Waals surface area contributed by atoms with Gasteiger partial charge in [0.2, 0.25) is 5.78 Å². The number of ketones is 2. The molecular formula is C7H8O3. The summed E-state index contributed by atoms with van der Waals surface area (Å²) in [4.78, 5) is 31.6. The molecular weight excluding hydrogens is 132 g/mol. The maximum atomic E-state index is 10.8. The summed E-state index contributed by atoms with van der Waals surface area (Å²) in [5, 5.41) is 0. The first-order valence-electron chi connectivity index (χ1n) is 3.28. The molecule has 0 aliphatic heterocycles. The summed E-state index contributed by atoms with van der Waals surface area (Å²) >= 11 is 0. The molecule has 1 aliphatic carbocycles. The Labute approximate surface area is 58.4 Å². The Morgan fingerprint density at radius 2 is 2.10 bits per heavy atom. The molecule has 0 heterocycles. The van der Waals surface area contributed by atoms with Crippen LogP contribution in [0.3, 0.4) is 0 Å². The second kappa shape index (κ2) is 2.73. The van der Waals surface area contributed by atoms with Crippen LogP contribution in [0.15, 0.2) is 0 Å². The average Bonchev–Trinajstić information content (AvgIpc) is 1.95. The second-order valence-corrected chi connectivity index (χ2v) is 2.42. The van der Waals surface area contributed by atoms with E-state index in [1.54, 1.807) is 0 Å². The van der Waals surface area contributed by atoms with Crippen molar-refractivity contribution in [3.8, 4) is 0 Å². The number of Topliss-reactive ketones (excluding diaryl/α,β-unsaturated/α-hetero) is 2. The zero-order valence-corrected chi connectivity index (χ0v) is 5.50. The zero-order chi connectivity index (χ0) is 7.56. The van der Waals surface area contributed by atoms with E-state index < -0.39 is 11.7 Å². The van der Waals surface area contributed by atoms with Crippen molar-refractivity contribution in [1.29, 1.82) is 0 Å². The molecule has 0 N–H and O–H groups in total. The zero-order valence-electron chi connectivity index (χ0n) is 5.50. The minimum absolute atomic E-state index is 0.323. The number of hydrogen-bond donors (Lipinski definition) is 0. The molecule has 0 aromatic heterocycles. The molecule has 54 valence electrons. The topological polar surface area (TPSA) is 51.2 Å². The largest absolute Gasteiger partial charge is 0.303 e. The van der Waals surface area contributed by atoms with Crippen molar-refractivity contribution in [2.45, 2.75) is 19.3 Å². The first kappa shape index (κ1) is 7.12. The molecule has 0 saturated heterocycles. The van der Waals surface area contributed by atoms with Crippen molar-refractivity contribution in [2.75, 3.05) is 0 Å². The van der Waals surface area contributed by atoms with E-state index in [4.69, 9.17) is 0 Å². The summed E-state index contributed by atoms with van der Waals surface area (Å²) in [5.41, 5.74) is 0. The summed E-state index contributed by atoms with van der Waals surface area (Å²) in [6.07, 6.45) is 2.12. The molecule has 0 aromatic rings. The fourth-order valence-corrected chi connectivity index (χ4v) is 1.07. The fraction of sp³-hybridized carbons (Fsp3) is 0.571. The Kier molecular flexibility index (Phi) is 1.94. The molecule has 3 heteroatoms. The van der Waals surface area contributed by atoms with Crippen LogP contribution in [0.2, 0.25) is 0 Å². The summed E-state index contributed by atoms with van der Waals surface area (Å²) in [7, 11) is 0. The third-order valence-corrected chi connectivity index (χ3v) is 1.69. The number of aldehydes is 1. The van der Waals surface area contributed by atoms with Gasteiger partial charge in [0.15, 0.2) is 5.78 Å². The molecule has 10 heavy (non-hydrogen) atoms. The predicted molar refractivity (Wildman–Crippen MR) is 33.4 cm³/mol. The molecule has 0 spiro atoms. The molecule has 1 fully saturated rings. The van der Waals surface area contributed by atoms with Crippen molar-refractivity contribution < 1.29 is 14.4 Å². The van der Waals surface area contributed by atoms with Gasteiger partial charge >= 0.3 is 0 Å². The van der Waals surface area contributed by atoms with Crippen molar-refractivity contribution in [1.82, 2.24) is 0 Å². The molecule has 3 nitrogen and oxygen atoms in total. The van der Waals surface area contributed by atoms with Crippen LogP contribution in [0.25, 0.3) is 0 Å². The standard InChI is InChI=1S/C7H8O3/c8-4-5-2-1-3-6(9)7(5)10/h4-5H,1-3H2. The van der Waals surface area contributed by atoms with E-state index >= 15 is 0 Å². The molecule has 1 atom stereocenters. The SMILES string of the molecule is O=CC1CCCC(=O)C1=O. The van der Waals surface area contributed by atoms with Crippen molar-refractivity contribution in [3.63, 3.8) is 0 Å². The maximum Gasteiger partial charge on any atom is 0.208 e. The molecule has 1 aliphatic rings. The Morgan fingerprint density at radius 3 is 2.60 bits per heavy atom. The van der Waals surface area contributed by atoms with Crippen LogP contribution in [-0.2, 0) is 14.4 Å². The third kappa shape index (κ3) is 1.12. The first-order valence-corrected chi connectivity index (χ1v) is 3.28. The van der Waals surface area contributed by atoms with E-state index in [1.807, 2.05) is 0 Å². The van der Waals surface area contributed by atoms with Gasteiger partial charge in [0, 0.05) is 6.42 Å². The molecule has 1 saturated carbocycles. The van der Waals surface area contributed by atoms with E-state index in [0.29, 0.717) is 25.5 Å². The number of rotatable bonds is 1. The quantitative estimate of drug-likeness (QED) is 0.295. The Morgan fingerprint density at radius 1 is 1.40 bits per heavy atom. The van der Waals surface area contributed by atoms with Gasteiger partial charge in [-0.2, -0.15) is 0 Å². The van der Waals surface area contributed by atoms with Crippen LogP contribution in [-0.4, -0.2) is 17.9 Å². The van der Waals surface area contributed by atoms with Gasteiger partial charge in [0.1, 0.15) is 6.29 Å². The van der Waals surface area contributed by atoms with Crippen LogP contribution in [0, 0.1) is 5.92 Å².